The van der Waals surface area contributed by atoms with Gasteiger partial charge in [-0.1, -0.05) is 11.3 Å². The minimum absolute atomic E-state index is 0.0561. The molecule has 0 bridgehead atoms. The Balaban J connectivity index is 1.67. The number of anilines is 1. The average Bonchev–Trinajstić information content (AvgIpc) is 3.20. The second-order valence-electron chi connectivity index (χ2n) is 4.91. The SMILES string of the molecule is O=C(Nc1nc2ccc([N+](=O)[O-])cc2s1)c1cnc2sccn2c1=O. The van der Waals surface area contributed by atoms with Crippen LogP contribution in [0, 0.1) is 10.1 Å². The number of rotatable bonds is 3. The summed E-state index contributed by atoms with van der Waals surface area (Å²) in [5, 5.41) is 15.3. The van der Waals surface area contributed by atoms with Crippen LogP contribution in [-0.2, 0) is 0 Å². The molecular formula is C14H7N5O4S2. The third-order valence-corrected chi connectivity index (χ3v) is 5.10. The zero-order chi connectivity index (χ0) is 17.6. The van der Waals surface area contributed by atoms with E-state index in [0.717, 1.165) is 11.3 Å². The number of thiazole rings is 2. The van der Waals surface area contributed by atoms with E-state index in [1.54, 1.807) is 11.6 Å². The molecule has 4 rings (SSSR count). The monoisotopic (exact) mass is 373 g/mol. The Bertz CT molecular complexity index is 1210. The van der Waals surface area contributed by atoms with Gasteiger partial charge in [-0.2, -0.15) is 0 Å². The lowest BCUT2D eigenvalue weighted by atomic mass is 10.3. The fraction of sp³-hybridized carbons (Fsp3) is 0. The van der Waals surface area contributed by atoms with E-state index in [-0.39, 0.29) is 16.4 Å². The first-order chi connectivity index (χ1) is 12.0. The molecule has 0 radical (unpaired) electrons. The Morgan fingerprint density at radius 2 is 2.20 bits per heavy atom. The molecule has 0 aliphatic carbocycles. The predicted octanol–water partition coefficient (Wildman–Crippen LogP) is 2.53. The Morgan fingerprint density at radius 1 is 1.36 bits per heavy atom. The summed E-state index contributed by atoms with van der Waals surface area (Å²) in [5.74, 6) is -0.633. The lowest BCUT2D eigenvalue weighted by molar-refractivity contribution is -0.384. The highest BCUT2D eigenvalue weighted by atomic mass is 32.1. The second kappa shape index (κ2) is 5.72. The number of hydrogen-bond donors (Lipinski definition) is 1. The molecule has 1 aromatic carbocycles. The van der Waals surface area contributed by atoms with E-state index < -0.39 is 16.4 Å². The number of benzene rings is 1. The third-order valence-electron chi connectivity index (χ3n) is 3.39. The summed E-state index contributed by atoms with van der Waals surface area (Å²) in [5.41, 5.74) is -0.116. The lowest BCUT2D eigenvalue weighted by Crippen LogP contribution is -2.25. The van der Waals surface area contributed by atoms with Crippen molar-refractivity contribution in [3.63, 3.8) is 0 Å². The van der Waals surface area contributed by atoms with Gasteiger partial charge in [-0.15, -0.1) is 11.3 Å². The Hall–Kier alpha value is -3.18. The molecular weight excluding hydrogens is 366 g/mol. The van der Waals surface area contributed by atoms with Gasteiger partial charge >= 0.3 is 0 Å². The molecule has 11 heteroatoms. The van der Waals surface area contributed by atoms with Gasteiger partial charge < -0.3 is 0 Å². The van der Waals surface area contributed by atoms with Crippen molar-refractivity contribution >= 4 is 54.6 Å². The number of carbonyl (C=O) groups is 1. The van der Waals surface area contributed by atoms with Gasteiger partial charge in [0, 0.05) is 29.9 Å². The van der Waals surface area contributed by atoms with Crippen molar-refractivity contribution in [2.75, 3.05) is 5.32 Å². The summed E-state index contributed by atoms with van der Waals surface area (Å²) >= 11 is 2.38. The van der Waals surface area contributed by atoms with Crippen molar-refractivity contribution in [2.24, 2.45) is 0 Å². The van der Waals surface area contributed by atoms with Crippen molar-refractivity contribution in [3.05, 3.63) is 62.0 Å². The summed E-state index contributed by atoms with van der Waals surface area (Å²) in [6.07, 6.45) is 2.77. The van der Waals surface area contributed by atoms with Crippen molar-refractivity contribution in [1.82, 2.24) is 14.4 Å². The minimum atomic E-state index is -0.633. The van der Waals surface area contributed by atoms with Gasteiger partial charge in [0.1, 0.15) is 5.56 Å². The van der Waals surface area contributed by atoms with Crippen molar-refractivity contribution < 1.29 is 9.72 Å². The molecule has 124 valence electrons. The highest BCUT2D eigenvalue weighted by Gasteiger charge is 2.16. The first-order valence-electron chi connectivity index (χ1n) is 6.84. The van der Waals surface area contributed by atoms with Gasteiger partial charge in [-0.05, 0) is 6.07 Å². The molecule has 0 atom stereocenters. The van der Waals surface area contributed by atoms with Gasteiger partial charge in [0.15, 0.2) is 10.1 Å². The Morgan fingerprint density at radius 3 is 3.00 bits per heavy atom. The quantitative estimate of drug-likeness (QED) is 0.435. The second-order valence-corrected chi connectivity index (χ2v) is 6.82. The number of nitrogens with one attached hydrogen (secondary N) is 1. The van der Waals surface area contributed by atoms with Crippen LogP contribution < -0.4 is 10.9 Å². The molecule has 0 saturated carbocycles. The fourth-order valence-electron chi connectivity index (χ4n) is 2.23. The van der Waals surface area contributed by atoms with E-state index in [1.165, 1.54) is 40.1 Å². The number of aromatic nitrogens is 3. The Labute approximate surface area is 146 Å². The van der Waals surface area contributed by atoms with Gasteiger partial charge in [0.05, 0.1) is 15.1 Å². The summed E-state index contributed by atoms with van der Waals surface area (Å²) in [6.45, 7) is 0. The maximum atomic E-state index is 12.3. The standard InChI is InChI=1S/C14H7N5O4S2/c20-11(8-6-15-14-18(12(8)21)3-4-24-14)17-13-16-9-2-1-7(19(22)23)5-10(9)25-13/h1-6H,(H,16,17,20). The lowest BCUT2D eigenvalue weighted by Gasteiger charge is -2.00. The predicted molar refractivity (Wildman–Crippen MR) is 93.6 cm³/mol. The highest BCUT2D eigenvalue weighted by Crippen LogP contribution is 2.29. The summed E-state index contributed by atoms with van der Waals surface area (Å²) in [6, 6.07) is 4.23. The molecule has 0 aliphatic heterocycles. The van der Waals surface area contributed by atoms with Crippen LogP contribution in [-0.4, -0.2) is 25.2 Å². The molecule has 0 saturated heterocycles. The van der Waals surface area contributed by atoms with E-state index >= 15 is 0 Å². The third kappa shape index (κ3) is 2.64. The largest absolute Gasteiger partial charge is 0.298 e. The average molecular weight is 373 g/mol. The van der Waals surface area contributed by atoms with Crippen LogP contribution in [0.5, 0.6) is 0 Å². The molecule has 0 aliphatic rings. The van der Waals surface area contributed by atoms with Gasteiger partial charge in [0.2, 0.25) is 0 Å². The summed E-state index contributed by atoms with van der Waals surface area (Å²) < 4.78 is 1.86. The van der Waals surface area contributed by atoms with E-state index in [9.17, 15) is 19.7 Å². The zero-order valence-corrected chi connectivity index (χ0v) is 13.8. The van der Waals surface area contributed by atoms with Crippen molar-refractivity contribution in [3.8, 4) is 0 Å². The molecule has 3 aromatic heterocycles. The van der Waals surface area contributed by atoms with Crippen molar-refractivity contribution in [2.45, 2.75) is 0 Å². The first-order valence-corrected chi connectivity index (χ1v) is 8.54. The van der Waals surface area contributed by atoms with E-state index in [1.807, 2.05) is 0 Å². The topological polar surface area (TPSA) is 120 Å². The number of hydrogen-bond acceptors (Lipinski definition) is 8. The fourth-order valence-corrected chi connectivity index (χ4v) is 3.79. The molecule has 9 nitrogen and oxygen atoms in total. The zero-order valence-electron chi connectivity index (χ0n) is 12.2. The molecule has 0 unspecified atom stereocenters. The van der Waals surface area contributed by atoms with Crippen LogP contribution >= 0.6 is 22.7 Å². The van der Waals surface area contributed by atoms with Gasteiger partial charge in [0.25, 0.3) is 17.2 Å². The smallest absolute Gasteiger partial charge is 0.271 e. The number of amides is 1. The molecule has 1 amide bonds. The van der Waals surface area contributed by atoms with Crippen LogP contribution in [0.2, 0.25) is 0 Å². The normalized spacial score (nSPS) is 11.0. The maximum absolute atomic E-state index is 12.3. The van der Waals surface area contributed by atoms with Gasteiger partial charge in [-0.3, -0.25) is 29.4 Å². The number of fused-ring (bicyclic) bond motifs is 2. The van der Waals surface area contributed by atoms with E-state index in [2.05, 4.69) is 15.3 Å². The molecule has 4 aromatic rings. The molecule has 3 heterocycles. The molecule has 25 heavy (non-hydrogen) atoms. The summed E-state index contributed by atoms with van der Waals surface area (Å²) in [4.78, 5) is 43.7. The van der Waals surface area contributed by atoms with E-state index in [4.69, 9.17) is 0 Å². The van der Waals surface area contributed by atoms with Crippen LogP contribution in [0.15, 0.2) is 40.8 Å². The Kier molecular flexibility index (Phi) is 3.51. The number of carbonyl (C=O) groups excluding carboxylic acids is 1. The number of non-ortho nitro benzene ring substituents is 1. The highest BCUT2D eigenvalue weighted by molar-refractivity contribution is 7.22. The molecule has 0 spiro atoms. The maximum Gasteiger partial charge on any atom is 0.271 e. The van der Waals surface area contributed by atoms with Crippen LogP contribution in [0.1, 0.15) is 10.4 Å². The number of nitrogens with zero attached hydrogens (tertiary/aromatic N) is 4. The first kappa shape index (κ1) is 15.4. The minimum Gasteiger partial charge on any atom is -0.298 e. The van der Waals surface area contributed by atoms with Gasteiger partial charge in [-0.25, -0.2) is 9.97 Å². The van der Waals surface area contributed by atoms with Crippen LogP contribution in [0.4, 0.5) is 10.8 Å². The van der Waals surface area contributed by atoms with E-state index in [0.29, 0.717) is 15.2 Å². The number of nitro groups is 1. The summed E-state index contributed by atoms with van der Waals surface area (Å²) in [7, 11) is 0. The van der Waals surface area contributed by atoms with Crippen LogP contribution in [0.3, 0.4) is 0 Å². The molecule has 0 fully saturated rings. The number of nitro benzene ring substituents is 1. The van der Waals surface area contributed by atoms with Crippen LogP contribution in [0.25, 0.3) is 15.2 Å². The van der Waals surface area contributed by atoms with Crippen molar-refractivity contribution in [1.29, 1.82) is 0 Å². The molecule has 1 N–H and O–H groups in total.